The van der Waals surface area contributed by atoms with E-state index in [-0.39, 0.29) is 18.8 Å². The van der Waals surface area contributed by atoms with Crippen molar-refractivity contribution in [3.63, 3.8) is 0 Å². The Morgan fingerprint density at radius 2 is 1.71 bits per heavy atom. The molecule has 2 N–H and O–H groups in total. The summed E-state index contributed by atoms with van der Waals surface area (Å²) in [4.78, 5) is 0. The van der Waals surface area contributed by atoms with Crippen molar-refractivity contribution in [1.82, 2.24) is 5.32 Å². The predicted octanol–water partition coefficient (Wildman–Crippen LogP) is 3.82. The van der Waals surface area contributed by atoms with Crippen LogP contribution in [0.2, 0.25) is 0 Å². The summed E-state index contributed by atoms with van der Waals surface area (Å²) < 4.78 is 5.67. The Morgan fingerprint density at radius 3 is 2.24 bits per heavy atom. The molecule has 0 heterocycles. The molecular formula is C18H29NO2. The maximum absolute atomic E-state index is 9.70. The van der Waals surface area contributed by atoms with Crippen LogP contribution in [0.4, 0.5) is 0 Å². The van der Waals surface area contributed by atoms with Crippen LogP contribution in [0.1, 0.15) is 64.0 Å². The van der Waals surface area contributed by atoms with Crippen LogP contribution in [0.25, 0.3) is 0 Å². The lowest BCUT2D eigenvalue weighted by Gasteiger charge is -2.24. The summed E-state index contributed by atoms with van der Waals surface area (Å²) in [6.45, 7) is 4.19. The topological polar surface area (TPSA) is 41.5 Å². The molecule has 1 aliphatic rings. The molecule has 118 valence electrons. The van der Waals surface area contributed by atoms with E-state index in [1.54, 1.807) is 0 Å². The molecular weight excluding hydrogens is 262 g/mol. The lowest BCUT2D eigenvalue weighted by Crippen LogP contribution is -2.34. The molecule has 0 spiro atoms. The molecule has 21 heavy (non-hydrogen) atoms. The lowest BCUT2D eigenvalue weighted by atomic mass is 10.0. The Balaban J connectivity index is 1.96. The van der Waals surface area contributed by atoms with Crippen molar-refractivity contribution >= 4 is 0 Å². The monoisotopic (exact) mass is 291 g/mol. The summed E-state index contributed by atoms with van der Waals surface area (Å²) in [6.07, 6.45) is 7.95. The summed E-state index contributed by atoms with van der Waals surface area (Å²) in [7, 11) is 0. The summed E-state index contributed by atoms with van der Waals surface area (Å²) in [6, 6.07) is 8.67. The van der Waals surface area contributed by atoms with Crippen LogP contribution < -0.4 is 10.1 Å². The Labute approximate surface area is 128 Å². The number of hydrogen-bond donors (Lipinski definition) is 2. The molecule has 0 saturated heterocycles. The molecule has 0 amide bonds. The van der Waals surface area contributed by atoms with Crippen molar-refractivity contribution < 1.29 is 9.84 Å². The van der Waals surface area contributed by atoms with E-state index in [0.717, 1.165) is 11.3 Å². The third kappa shape index (κ3) is 5.33. The zero-order valence-corrected chi connectivity index (χ0v) is 13.3. The highest BCUT2D eigenvalue weighted by molar-refractivity contribution is 5.29. The Kier molecular flexibility index (Phi) is 6.52. The number of aliphatic hydroxyl groups excluding tert-OH is 1. The molecule has 1 aromatic carbocycles. The predicted molar refractivity (Wildman–Crippen MR) is 86.7 cm³/mol. The minimum absolute atomic E-state index is 0.0289. The highest BCUT2D eigenvalue weighted by atomic mass is 16.5. The number of benzene rings is 1. The molecule has 0 aromatic heterocycles. The standard InChI is InChI=1S/C18H29NO2/c1-14(2)21-17-11-9-15(10-12-17)18(13-20)19-16-7-5-3-4-6-8-16/h9-12,14,16,18-20H,3-8,13H2,1-2H3. The van der Waals surface area contributed by atoms with Gasteiger partial charge in [0.15, 0.2) is 0 Å². The van der Waals surface area contributed by atoms with E-state index in [9.17, 15) is 5.11 Å². The van der Waals surface area contributed by atoms with Gasteiger partial charge in [0, 0.05) is 6.04 Å². The van der Waals surface area contributed by atoms with Gasteiger partial charge in [0.2, 0.25) is 0 Å². The minimum Gasteiger partial charge on any atom is -0.491 e. The highest BCUT2D eigenvalue weighted by Gasteiger charge is 2.18. The van der Waals surface area contributed by atoms with Gasteiger partial charge >= 0.3 is 0 Å². The maximum Gasteiger partial charge on any atom is 0.119 e. The van der Waals surface area contributed by atoms with E-state index >= 15 is 0 Å². The fourth-order valence-electron chi connectivity index (χ4n) is 3.04. The highest BCUT2D eigenvalue weighted by Crippen LogP contribution is 2.23. The first-order valence-corrected chi connectivity index (χ1v) is 8.32. The van der Waals surface area contributed by atoms with Crippen LogP contribution >= 0.6 is 0 Å². The first-order valence-electron chi connectivity index (χ1n) is 8.32. The average molecular weight is 291 g/mol. The van der Waals surface area contributed by atoms with Gasteiger partial charge in [-0.15, -0.1) is 0 Å². The molecule has 1 aliphatic carbocycles. The molecule has 0 bridgehead atoms. The van der Waals surface area contributed by atoms with Gasteiger partial charge in [0.05, 0.1) is 18.8 Å². The van der Waals surface area contributed by atoms with Gasteiger partial charge in [-0.1, -0.05) is 37.8 Å². The number of hydrogen-bond acceptors (Lipinski definition) is 3. The van der Waals surface area contributed by atoms with Crippen molar-refractivity contribution in [2.75, 3.05) is 6.61 Å². The molecule has 0 aliphatic heterocycles. The molecule has 1 fully saturated rings. The fourth-order valence-corrected chi connectivity index (χ4v) is 3.04. The van der Waals surface area contributed by atoms with Crippen LogP contribution in [0.5, 0.6) is 5.75 Å². The summed E-state index contributed by atoms with van der Waals surface area (Å²) in [5.41, 5.74) is 1.14. The molecule has 2 rings (SSSR count). The lowest BCUT2D eigenvalue weighted by molar-refractivity contribution is 0.227. The van der Waals surface area contributed by atoms with Crippen molar-refractivity contribution in [2.24, 2.45) is 0 Å². The third-order valence-corrected chi connectivity index (χ3v) is 4.13. The van der Waals surface area contributed by atoms with Crippen LogP contribution in [-0.2, 0) is 0 Å². The van der Waals surface area contributed by atoms with Gasteiger partial charge < -0.3 is 15.2 Å². The van der Waals surface area contributed by atoms with Crippen molar-refractivity contribution in [3.05, 3.63) is 29.8 Å². The first-order chi connectivity index (χ1) is 10.2. The molecule has 1 aromatic rings. The third-order valence-electron chi connectivity index (χ3n) is 4.13. The van der Waals surface area contributed by atoms with E-state index in [1.165, 1.54) is 38.5 Å². The molecule has 0 radical (unpaired) electrons. The van der Waals surface area contributed by atoms with E-state index in [1.807, 2.05) is 26.0 Å². The number of rotatable bonds is 6. The SMILES string of the molecule is CC(C)Oc1ccc(C(CO)NC2CCCCCC2)cc1. The summed E-state index contributed by atoms with van der Waals surface area (Å²) >= 11 is 0. The zero-order chi connectivity index (χ0) is 15.1. The van der Waals surface area contributed by atoms with Gasteiger partial charge in [0.1, 0.15) is 5.75 Å². The summed E-state index contributed by atoms with van der Waals surface area (Å²) in [5.74, 6) is 0.889. The van der Waals surface area contributed by atoms with Gasteiger partial charge in [-0.3, -0.25) is 0 Å². The van der Waals surface area contributed by atoms with E-state index in [2.05, 4.69) is 17.4 Å². The molecule has 1 atom stereocenters. The molecule has 1 saturated carbocycles. The smallest absolute Gasteiger partial charge is 0.119 e. The second-order valence-corrected chi connectivity index (χ2v) is 6.33. The number of nitrogens with one attached hydrogen (secondary N) is 1. The van der Waals surface area contributed by atoms with Crippen LogP contribution in [0.3, 0.4) is 0 Å². The molecule has 1 unspecified atom stereocenters. The van der Waals surface area contributed by atoms with Gasteiger partial charge in [-0.05, 0) is 44.4 Å². The van der Waals surface area contributed by atoms with Gasteiger partial charge in [-0.25, -0.2) is 0 Å². The zero-order valence-electron chi connectivity index (χ0n) is 13.3. The second-order valence-electron chi connectivity index (χ2n) is 6.33. The Hall–Kier alpha value is -1.06. The fraction of sp³-hybridized carbons (Fsp3) is 0.667. The molecule has 3 heteroatoms. The largest absolute Gasteiger partial charge is 0.491 e. The normalized spacial score (nSPS) is 18.5. The van der Waals surface area contributed by atoms with Crippen molar-refractivity contribution in [1.29, 1.82) is 0 Å². The summed E-state index contributed by atoms with van der Waals surface area (Å²) in [5, 5.41) is 13.3. The van der Waals surface area contributed by atoms with Crippen molar-refractivity contribution in [2.45, 2.75) is 70.6 Å². The Morgan fingerprint density at radius 1 is 1.10 bits per heavy atom. The maximum atomic E-state index is 9.70. The van der Waals surface area contributed by atoms with E-state index < -0.39 is 0 Å². The first kappa shape index (κ1) is 16.3. The van der Waals surface area contributed by atoms with E-state index in [4.69, 9.17) is 4.74 Å². The minimum atomic E-state index is 0.0289. The van der Waals surface area contributed by atoms with Crippen LogP contribution in [0.15, 0.2) is 24.3 Å². The number of aliphatic hydroxyl groups is 1. The van der Waals surface area contributed by atoms with Crippen LogP contribution in [-0.4, -0.2) is 23.9 Å². The Bertz CT molecular complexity index is 394. The van der Waals surface area contributed by atoms with Crippen molar-refractivity contribution in [3.8, 4) is 5.75 Å². The van der Waals surface area contributed by atoms with Gasteiger partial charge in [0.25, 0.3) is 0 Å². The average Bonchev–Trinajstić information content (AvgIpc) is 2.74. The second kappa shape index (κ2) is 8.40. The number of ether oxygens (including phenoxy) is 1. The van der Waals surface area contributed by atoms with E-state index in [0.29, 0.717) is 6.04 Å². The van der Waals surface area contributed by atoms with Crippen LogP contribution in [0, 0.1) is 0 Å². The quantitative estimate of drug-likeness (QED) is 0.783. The van der Waals surface area contributed by atoms with Gasteiger partial charge in [-0.2, -0.15) is 0 Å². The molecule has 3 nitrogen and oxygen atoms in total.